The van der Waals surface area contributed by atoms with Crippen molar-refractivity contribution in [2.45, 2.75) is 11.3 Å². The molecule has 2 rings (SSSR count). The monoisotopic (exact) mass is 406 g/mol. The van der Waals surface area contributed by atoms with Gasteiger partial charge in [-0.25, -0.2) is 8.42 Å². The summed E-state index contributed by atoms with van der Waals surface area (Å²) in [6, 6.07) is 12.3. The molecule has 0 saturated carbocycles. The smallest absolute Gasteiger partial charge is 0.307 e. The Morgan fingerprint density at radius 2 is 1.68 bits per heavy atom. The van der Waals surface area contributed by atoms with Crippen molar-refractivity contribution in [3.63, 3.8) is 0 Å². The molecule has 0 fully saturated rings. The average Bonchev–Trinajstić information content (AvgIpc) is 2.72. The van der Waals surface area contributed by atoms with Crippen LogP contribution >= 0.6 is 0 Å². The molecule has 0 aliphatic carbocycles. The predicted octanol–water partition coefficient (Wildman–Crippen LogP) is 1.81. The van der Waals surface area contributed by atoms with Gasteiger partial charge in [-0.05, 0) is 36.4 Å². The second-order valence-electron chi connectivity index (χ2n) is 5.75. The summed E-state index contributed by atoms with van der Waals surface area (Å²) in [7, 11) is 0.327. The number of esters is 1. The number of hydrogen-bond donors (Lipinski definition) is 1. The van der Waals surface area contributed by atoms with Crippen molar-refractivity contribution in [1.29, 1.82) is 0 Å². The van der Waals surface area contributed by atoms with Crippen molar-refractivity contribution in [3.8, 4) is 5.75 Å². The lowest BCUT2D eigenvalue weighted by Gasteiger charge is -2.21. The number of anilines is 1. The van der Waals surface area contributed by atoms with Gasteiger partial charge in [0.1, 0.15) is 5.75 Å². The van der Waals surface area contributed by atoms with E-state index < -0.39 is 21.9 Å². The molecule has 2 aromatic rings. The zero-order valence-corrected chi connectivity index (χ0v) is 16.7. The van der Waals surface area contributed by atoms with Crippen molar-refractivity contribution in [3.05, 3.63) is 54.1 Å². The van der Waals surface area contributed by atoms with Gasteiger partial charge < -0.3 is 14.8 Å². The van der Waals surface area contributed by atoms with Crippen molar-refractivity contribution in [2.24, 2.45) is 0 Å². The van der Waals surface area contributed by atoms with E-state index in [1.807, 2.05) is 0 Å². The highest BCUT2D eigenvalue weighted by Gasteiger charge is 2.23. The van der Waals surface area contributed by atoms with Crippen LogP contribution in [0.1, 0.15) is 16.8 Å². The Kier molecular flexibility index (Phi) is 7.00. The van der Waals surface area contributed by atoms with Gasteiger partial charge in [0.2, 0.25) is 0 Å². The van der Waals surface area contributed by atoms with E-state index in [-0.39, 0.29) is 23.4 Å². The number of carbonyl (C=O) groups is 2. The number of hydrogen-bond acceptors (Lipinski definition) is 6. The van der Waals surface area contributed by atoms with E-state index in [2.05, 4.69) is 10.1 Å². The number of nitrogens with one attached hydrogen (secondary N) is 1. The van der Waals surface area contributed by atoms with Gasteiger partial charge in [0.05, 0.1) is 31.2 Å². The number of ether oxygens (including phenoxy) is 2. The minimum absolute atomic E-state index is 0.0343. The molecule has 0 spiro atoms. The van der Waals surface area contributed by atoms with Crippen LogP contribution < -0.4 is 14.4 Å². The fourth-order valence-corrected chi connectivity index (χ4v) is 3.64. The summed E-state index contributed by atoms with van der Waals surface area (Å²) in [6.07, 6.45) is 0.0540. The van der Waals surface area contributed by atoms with Crippen LogP contribution in [0.4, 0.5) is 5.69 Å². The summed E-state index contributed by atoms with van der Waals surface area (Å²) in [6.45, 7) is 0.127. The molecule has 0 bridgehead atoms. The molecule has 0 aliphatic rings. The highest BCUT2D eigenvalue weighted by molar-refractivity contribution is 7.92. The topological polar surface area (TPSA) is 102 Å². The second kappa shape index (κ2) is 9.23. The van der Waals surface area contributed by atoms with E-state index in [9.17, 15) is 18.0 Å². The summed E-state index contributed by atoms with van der Waals surface area (Å²) in [5, 5.41) is 2.57. The van der Waals surface area contributed by atoms with Gasteiger partial charge in [-0.1, -0.05) is 12.1 Å². The van der Waals surface area contributed by atoms with E-state index in [1.165, 1.54) is 45.5 Å². The maximum Gasteiger partial charge on any atom is 0.307 e. The lowest BCUT2D eigenvalue weighted by Crippen LogP contribution is -2.28. The Labute approximate surface area is 164 Å². The Hall–Kier alpha value is -3.07. The quantitative estimate of drug-likeness (QED) is 0.671. The van der Waals surface area contributed by atoms with Crippen LogP contribution in [-0.2, 0) is 19.6 Å². The first kappa shape index (κ1) is 21.2. The molecule has 28 heavy (non-hydrogen) atoms. The molecule has 1 N–H and O–H groups in total. The average molecular weight is 406 g/mol. The van der Waals surface area contributed by atoms with Crippen molar-refractivity contribution >= 4 is 27.6 Å². The molecule has 0 radical (unpaired) electrons. The summed E-state index contributed by atoms with van der Waals surface area (Å²) < 4.78 is 36.6. The van der Waals surface area contributed by atoms with Gasteiger partial charge in [-0.15, -0.1) is 0 Å². The molecular formula is C19H22N2O6S. The third kappa shape index (κ3) is 4.80. The Morgan fingerprint density at radius 1 is 1.04 bits per heavy atom. The molecule has 8 nitrogen and oxygen atoms in total. The zero-order valence-electron chi connectivity index (χ0n) is 15.8. The maximum atomic E-state index is 12.9. The largest absolute Gasteiger partial charge is 0.495 e. The van der Waals surface area contributed by atoms with E-state index in [0.29, 0.717) is 11.4 Å². The first-order valence-electron chi connectivity index (χ1n) is 8.38. The Balaban J connectivity index is 2.15. The molecule has 2 aromatic carbocycles. The Morgan fingerprint density at radius 3 is 2.29 bits per heavy atom. The van der Waals surface area contributed by atoms with Crippen LogP contribution in [0.25, 0.3) is 0 Å². The van der Waals surface area contributed by atoms with Crippen molar-refractivity contribution in [2.75, 3.05) is 32.1 Å². The van der Waals surface area contributed by atoms with Gasteiger partial charge in [0, 0.05) is 19.2 Å². The minimum Gasteiger partial charge on any atom is -0.495 e. The number of sulfonamides is 1. The van der Waals surface area contributed by atoms with E-state index in [0.717, 1.165) is 4.31 Å². The van der Waals surface area contributed by atoms with Gasteiger partial charge in [0.15, 0.2) is 0 Å². The van der Waals surface area contributed by atoms with E-state index >= 15 is 0 Å². The molecule has 0 atom stereocenters. The summed E-state index contributed by atoms with van der Waals surface area (Å²) in [5.41, 5.74) is 0.679. The first-order valence-corrected chi connectivity index (χ1v) is 9.82. The van der Waals surface area contributed by atoms with Crippen molar-refractivity contribution in [1.82, 2.24) is 5.32 Å². The number of para-hydroxylation sites is 2. The molecular weight excluding hydrogens is 384 g/mol. The number of rotatable bonds is 8. The normalized spacial score (nSPS) is 10.8. The minimum atomic E-state index is -3.84. The molecule has 0 aliphatic heterocycles. The number of nitrogens with zero attached hydrogens (tertiary/aromatic N) is 1. The molecule has 150 valence electrons. The number of carbonyl (C=O) groups excluding carboxylic acids is 2. The standard InChI is InChI=1S/C19H22N2O6S/c1-21(16-6-4-5-7-17(16)26-2)28(24,25)15-10-8-14(9-11-15)19(23)20-13-12-18(22)27-3/h4-11H,12-13H2,1-3H3,(H,20,23). The Bertz CT molecular complexity index is 941. The first-order chi connectivity index (χ1) is 13.3. The number of benzene rings is 2. The van der Waals surface area contributed by atoms with Crippen molar-refractivity contribution < 1.29 is 27.5 Å². The molecule has 0 heterocycles. The van der Waals surface area contributed by atoms with E-state index in [4.69, 9.17) is 4.74 Å². The summed E-state index contributed by atoms with van der Waals surface area (Å²) in [5.74, 6) is -0.415. The van der Waals surface area contributed by atoms with Gasteiger partial charge in [-0.2, -0.15) is 0 Å². The van der Waals surface area contributed by atoms with E-state index in [1.54, 1.807) is 24.3 Å². The highest BCUT2D eigenvalue weighted by atomic mass is 32.2. The van der Waals surface area contributed by atoms with Crippen LogP contribution in [0.15, 0.2) is 53.4 Å². The molecule has 1 amide bonds. The molecule has 0 aromatic heterocycles. The van der Waals surface area contributed by atoms with Crippen LogP contribution in [0, 0.1) is 0 Å². The van der Waals surface area contributed by atoms with Gasteiger partial charge in [-0.3, -0.25) is 13.9 Å². The maximum absolute atomic E-state index is 12.9. The SMILES string of the molecule is COC(=O)CCNC(=O)c1ccc(S(=O)(=O)N(C)c2ccccc2OC)cc1. The van der Waals surface area contributed by atoms with Crippen LogP contribution in [0.5, 0.6) is 5.75 Å². The van der Waals surface area contributed by atoms with Crippen LogP contribution in [0.3, 0.4) is 0 Å². The lowest BCUT2D eigenvalue weighted by atomic mass is 10.2. The number of amides is 1. The fraction of sp³-hybridized carbons (Fsp3) is 0.263. The molecule has 0 saturated heterocycles. The summed E-state index contributed by atoms with van der Waals surface area (Å²) >= 11 is 0. The lowest BCUT2D eigenvalue weighted by molar-refractivity contribution is -0.140. The third-order valence-electron chi connectivity index (χ3n) is 4.04. The summed E-state index contributed by atoms with van der Waals surface area (Å²) in [4.78, 5) is 23.2. The fourth-order valence-electron chi connectivity index (χ4n) is 2.44. The molecule has 9 heteroatoms. The second-order valence-corrected chi connectivity index (χ2v) is 7.72. The van der Waals surface area contributed by atoms with Crippen LogP contribution in [0.2, 0.25) is 0 Å². The van der Waals surface area contributed by atoms with Gasteiger partial charge >= 0.3 is 5.97 Å². The third-order valence-corrected chi connectivity index (χ3v) is 5.83. The molecule has 0 unspecified atom stereocenters. The number of methoxy groups -OCH3 is 2. The predicted molar refractivity (Wildman–Crippen MR) is 104 cm³/mol. The van der Waals surface area contributed by atoms with Gasteiger partial charge in [0.25, 0.3) is 15.9 Å². The van der Waals surface area contributed by atoms with Crippen LogP contribution in [-0.4, -0.2) is 48.1 Å². The zero-order chi connectivity index (χ0) is 20.7. The highest BCUT2D eigenvalue weighted by Crippen LogP contribution is 2.30.